The molecule has 2 N–H and O–H groups in total. The van der Waals surface area contributed by atoms with Crippen molar-refractivity contribution < 1.29 is 19.2 Å². The molecule has 1 fully saturated rings. The molecule has 1 heterocycles. The van der Waals surface area contributed by atoms with Crippen LogP contribution in [-0.2, 0) is 9.59 Å². The van der Waals surface area contributed by atoms with Crippen molar-refractivity contribution in [1.82, 2.24) is 15.5 Å². The van der Waals surface area contributed by atoms with Gasteiger partial charge >= 0.3 is 0 Å². The minimum absolute atomic E-state index is 0.0418. The molecule has 1 aliphatic heterocycles. The Balaban J connectivity index is 1.46. The van der Waals surface area contributed by atoms with Crippen LogP contribution >= 0.6 is 23.4 Å². The van der Waals surface area contributed by atoms with Crippen molar-refractivity contribution >= 4 is 52.4 Å². The molecule has 9 heteroatoms. The summed E-state index contributed by atoms with van der Waals surface area (Å²) in [6.07, 6.45) is 1.67. The average Bonchev–Trinajstić information content (AvgIpc) is 3.01. The van der Waals surface area contributed by atoms with Crippen molar-refractivity contribution in [1.29, 1.82) is 0 Å². The van der Waals surface area contributed by atoms with Crippen LogP contribution < -0.4 is 10.6 Å². The Morgan fingerprint density at radius 2 is 1.77 bits per heavy atom. The number of halogens is 1. The third kappa shape index (κ3) is 5.96. The molecule has 0 saturated carbocycles. The second-order valence-corrected chi connectivity index (χ2v) is 8.16. The summed E-state index contributed by atoms with van der Waals surface area (Å²) < 4.78 is 0. The molecule has 1 aliphatic rings. The van der Waals surface area contributed by atoms with Crippen LogP contribution in [0.25, 0.3) is 6.08 Å². The van der Waals surface area contributed by atoms with Crippen LogP contribution in [-0.4, -0.2) is 47.5 Å². The molecule has 7 nitrogen and oxygen atoms in total. The van der Waals surface area contributed by atoms with E-state index in [1.165, 1.54) is 0 Å². The lowest BCUT2D eigenvalue weighted by Crippen LogP contribution is -2.41. The fraction of sp³-hybridized carbons (Fsp3) is 0.182. The number of carbonyl (C=O) groups excluding carboxylic acids is 4. The molecule has 1 saturated heterocycles. The Hall–Kier alpha value is -3.10. The number of aryl methyl sites for hydroxylation is 1. The highest BCUT2D eigenvalue weighted by atomic mass is 35.5. The molecule has 160 valence electrons. The van der Waals surface area contributed by atoms with Crippen LogP contribution in [0.1, 0.15) is 21.5 Å². The van der Waals surface area contributed by atoms with Crippen molar-refractivity contribution in [3.8, 4) is 0 Å². The normalized spacial score (nSPS) is 14.8. The number of nitrogens with zero attached hydrogens (tertiary/aromatic N) is 1. The maximum atomic E-state index is 12.5. The molecular formula is C22H20ClN3O4S. The lowest BCUT2D eigenvalue weighted by atomic mass is 10.1. The van der Waals surface area contributed by atoms with Crippen molar-refractivity contribution in [2.45, 2.75) is 6.92 Å². The lowest BCUT2D eigenvalue weighted by Gasteiger charge is -2.13. The summed E-state index contributed by atoms with van der Waals surface area (Å²) in [7, 11) is 0. The van der Waals surface area contributed by atoms with Crippen LogP contribution in [0, 0.1) is 6.92 Å². The Bertz CT molecular complexity index is 1050. The first-order valence-corrected chi connectivity index (χ1v) is 10.7. The SMILES string of the molecule is Cc1ccc(/C=C2\SC(=O)N(CCNC(=O)CNC(=O)c3ccccc3Cl)C2=O)cc1. The fourth-order valence-corrected chi connectivity index (χ4v) is 3.86. The first kappa shape index (κ1) is 22.6. The van der Waals surface area contributed by atoms with E-state index in [4.69, 9.17) is 11.6 Å². The van der Waals surface area contributed by atoms with Gasteiger partial charge in [-0.2, -0.15) is 0 Å². The minimum Gasteiger partial charge on any atom is -0.353 e. The van der Waals surface area contributed by atoms with Crippen molar-refractivity contribution in [3.05, 3.63) is 75.1 Å². The zero-order valence-corrected chi connectivity index (χ0v) is 18.3. The topological polar surface area (TPSA) is 95.6 Å². The molecule has 0 radical (unpaired) electrons. The second-order valence-electron chi connectivity index (χ2n) is 6.76. The summed E-state index contributed by atoms with van der Waals surface area (Å²) in [5, 5.41) is 4.96. The first-order chi connectivity index (χ1) is 14.8. The molecule has 0 aromatic heterocycles. The molecule has 0 spiro atoms. The average molecular weight is 458 g/mol. The molecule has 4 amide bonds. The van der Waals surface area contributed by atoms with Gasteiger partial charge in [0.05, 0.1) is 22.0 Å². The van der Waals surface area contributed by atoms with Crippen molar-refractivity contribution in [2.24, 2.45) is 0 Å². The molecule has 0 aliphatic carbocycles. The van der Waals surface area contributed by atoms with E-state index in [-0.39, 0.29) is 30.4 Å². The number of amides is 4. The summed E-state index contributed by atoms with van der Waals surface area (Å²) in [6, 6.07) is 14.1. The summed E-state index contributed by atoms with van der Waals surface area (Å²) >= 11 is 6.82. The number of hydrogen-bond donors (Lipinski definition) is 2. The standard InChI is InChI=1S/C22H20ClN3O4S/c1-14-6-8-15(9-7-14)12-18-21(29)26(22(30)31-18)11-10-24-19(27)13-25-20(28)16-4-2-3-5-17(16)23/h2-9,12H,10-11,13H2,1H3,(H,24,27)(H,25,28)/b18-12-. The number of imide groups is 1. The monoisotopic (exact) mass is 457 g/mol. The maximum absolute atomic E-state index is 12.5. The molecule has 3 rings (SSSR count). The molecule has 0 unspecified atom stereocenters. The van der Waals surface area contributed by atoms with Gasteiger partial charge in [-0.05, 0) is 42.5 Å². The van der Waals surface area contributed by atoms with Gasteiger partial charge in [0.15, 0.2) is 0 Å². The highest BCUT2D eigenvalue weighted by Gasteiger charge is 2.34. The maximum Gasteiger partial charge on any atom is 0.293 e. The van der Waals surface area contributed by atoms with Crippen LogP contribution in [0.3, 0.4) is 0 Å². The molecule has 0 bridgehead atoms. The third-order valence-electron chi connectivity index (χ3n) is 4.43. The van der Waals surface area contributed by atoms with Gasteiger partial charge in [-0.1, -0.05) is 53.6 Å². The predicted molar refractivity (Wildman–Crippen MR) is 121 cm³/mol. The highest BCUT2D eigenvalue weighted by molar-refractivity contribution is 8.18. The number of hydrogen-bond acceptors (Lipinski definition) is 5. The number of carbonyl (C=O) groups is 4. The van der Waals surface area contributed by atoms with E-state index in [1.54, 1.807) is 30.3 Å². The summed E-state index contributed by atoms with van der Waals surface area (Å²) in [5.74, 6) is -1.30. The van der Waals surface area contributed by atoms with Gasteiger partial charge < -0.3 is 10.6 Å². The van der Waals surface area contributed by atoms with E-state index >= 15 is 0 Å². The van der Waals surface area contributed by atoms with Gasteiger partial charge in [-0.15, -0.1) is 0 Å². The van der Waals surface area contributed by atoms with Crippen LogP contribution in [0.4, 0.5) is 4.79 Å². The molecule has 2 aromatic carbocycles. The minimum atomic E-state index is -0.465. The molecule has 0 atom stereocenters. The molecule has 2 aromatic rings. The largest absolute Gasteiger partial charge is 0.353 e. The first-order valence-electron chi connectivity index (χ1n) is 9.46. The second kappa shape index (κ2) is 10.3. The van der Waals surface area contributed by atoms with E-state index in [9.17, 15) is 19.2 Å². The summed E-state index contributed by atoms with van der Waals surface area (Å²) in [4.78, 5) is 50.1. The van der Waals surface area contributed by atoms with Gasteiger partial charge in [-0.3, -0.25) is 24.1 Å². The van der Waals surface area contributed by atoms with Crippen LogP contribution in [0.5, 0.6) is 0 Å². The summed E-state index contributed by atoms with van der Waals surface area (Å²) in [5.41, 5.74) is 2.21. The number of thioether (sulfide) groups is 1. The Morgan fingerprint density at radius 1 is 1.06 bits per heavy atom. The van der Waals surface area contributed by atoms with Crippen molar-refractivity contribution in [3.63, 3.8) is 0 Å². The Kier molecular flexibility index (Phi) is 7.49. The molecular weight excluding hydrogens is 438 g/mol. The van der Waals surface area contributed by atoms with E-state index in [1.807, 2.05) is 31.2 Å². The Morgan fingerprint density at radius 3 is 2.48 bits per heavy atom. The third-order valence-corrected chi connectivity index (χ3v) is 5.67. The number of benzene rings is 2. The number of nitrogens with one attached hydrogen (secondary N) is 2. The molecule has 31 heavy (non-hydrogen) atoms. The van der Waals surface area contributed by atoms with Crippen LogP contribution in [0.2, 0.25) is 5.02 Å². The highest BCUT2D eigenvalue weighted by Crippen LogP contribution is 2.31. The van der Waals surface area contributed by atoms with Crippen molar-refractivity contribution in [2.75, 3.05) is 19.6 Å². The van der Waals surface area contributed by atoms with Gasteiger partial charge in [0.25, 0.3) is 17.1 Å². The zero-order valence-electron chi connectivity index (χ0n) is 16.7. The van der Waals surface area contributed by atoms with Gasteiger partial charge in [0, 0.05) is 13.1 Å². The van der Waals surface area contributed by atoms with Crippen LogP contribution in [0.15, 0.2) is 53.4 Å². The van der Waals surface area contributed by atoms with E-state index < -0.39 is 17.7 Å². The predicted octanol–water partition coefficient (Wildman–Crippen LogP) is 3.23. The Labute approximate surface area is 188 Å². The smallest absolute Gasteiger partial charge is 0.293 e. The van der Waals surface area contributed by atoms with E-state index in [2.05, 4.69) is 10.6 Å². The van der Waals surface area contributed by atoms with Gasteiger partial charge in [0.2, 0.25) is 5.91 Å². The van der Waals surface area contributed by atoms with Gasteiger partial charge in [-0.25, -0.2) is 0 Å². The van der Waals surface area contributed by atoms with Gasteiger partial charge in [0.1, 0.15) is 0 Å². The summed E-state index contributed by atoms with van der Waals surface area (Å²) in [6.45, 7) is 1.84. The zero-order chi connectivity index (χ0) is 22.4. The van der Waals surface area contributed by atoms with E-state index in [0.717, 1.165) is 27.8 Å². The van der Waals surface area contributed by atoms with E-state index in [0.29, 0.717) is 9.93 Å². The fourth-order valence-electron chi connectivity index (χ4n) is 2.78. The number of rotatable bonds is 7. The lowest BCUT2D eigenvalue weighted by molar-refractivity contribution is -0.124. The quantitative estimate of drug-likeness (QED) is 0.622.